The Bertz CT molecular complexity index is 66.0. The van der Waals surface area contributed by atoms with E-state index >= 15 is 0 Å². The van der Waals surface area contributed by atoms with Gasteiger partial charge in [0, 0.05) is 0 Å². The number of hydrogen-bond acceptors (Lipinski definition) is 4. The molecule has 0 aliphatic rings. The maximum absolute atomic E-state index is 10.0. The third-order valence-corrected chi connectivity index (χ3v) is 0.515. The molecule has 0 spiro atoms. The topological polar surface area (TPSA) is 38.3 Å². The predicted molar refractivity (Wildman–Crippen MR) is 28.8 cm³/mol. The average Bonchev–Trinajstić information content (AvgIpc) is 1.61. The summed E-state index contributed by atoms with van der Waals surface area (Å²) in [5.41, 5.74) is 2.26. The fourth-order valence-corrected chi connectivity index (χ4v) is 0.198. The first kappa shape index (κ1) is 6.94. The summed E-state index contributed by atoms with van der Waals surface area (Å²) in [7, 11) is 0. The van der Waals surface area contributed by atoms with Crippen molar-refractivity contribution in [1.29, 1.82) is 0 Å². The highest BCUT2D eigenvalue weighted by molar-refractivity contribution is 7.75. The van der Waals surface area contributed by atoms with Gasteiger partial charge in [0.25, 0.3) is 0 Å². The van der Waals surface area contributed by atoms with Crippen LogP contribution < -0.4 is 5.48 Å². The molecule has 4 heteroatoms. The Balaban J connectivity index is 2.82. The normalized spacial score (nSPS) is 8.86. The van der Waals surface area contributed by atoms with E-state index in [4.69, 9.17) is 0 Å². The number of rotatable bonds is 3. The summed E-state index contributed by atoms with van der Waals surface area (Å²) in [6.45, 7) is 1.67. The predicted octanol–water partition coefficient (Wildman–Crippen LogP) is -0.0586. The second-order valence-corrected chi connectivity index (χ2v) is 1.30. The molecule has 0 atom stereocenters. The maximum atomic E-state index is 10.0. The zero-order valence-electron chi connectivity index (χ0n) is 3.97. The third kappa shape index (κ3) is 5.94. The molecule has 0 aliphatic carbocycles. The van der Waals surface area contributed by atoms with Crippen molar-refractivity contribution in [2.75, 3.05) is 6.54 Å². The Morgan fingerprint density at radius 1 is 2.00 bits per heavy atom. The van der Waals surface area contributed by atoms with Crippen molar-refractivity contribution >= 4 is 18.7 Å². The van der Waals surface area contributed by atoms with Crippen molar-refractivity contribution in [2.45, 2.75) is 6.92 Å². The van der Waals surface area contributed by atoms with Crippen LogP contribution >= 0.6 is 12.9 Å². The van der Waals surface area contributed by atoms with E-state index in [-0.39, 0.29) is 12.3 Å². The van der Waals surface area contributed by atoms with Crippen LogP contribution in [0.25, 0.3) is 0 Å². The van der Waals surface area contributed by atoms with E-state index in [2.05, 4.69) is 22.7 Å². The lowest BCUT2D eigenvalue weighted by Gasteiger charge is -1.91. The van der Waals surface area contributed by atoms with Crippen LogP contribution in [0.4, 0.5) is 0 Å². The number of ketones is 1. The van der Waals surface area contributed by atoms with Crippen molar-refractivity contribution in [3.8, 4) is 0 Å². The molecule has 7 heavy (non-hydrogen) atoms. The van der Waals surface area contributed by atoms with Crippen LogP contribution in [0.2, 0.25) is 0 Å². The second-order valence-electron chi connectivity index (χ2n) is 1.11. The van der Waals surface area contributed by atoms with E-state index in [1.165, 1.54) is 6.92 Å². The lowest BCUT2D eigenvalue weighted by atomic mass is 10.5. The van der Waals surface area contributed by atoms with Crippen molar-refractivity contribution in [3.05, 3.63) is 0 Å². The molecule has 0 heterocycles. The van der Waals surface area contributed by atoms with Crippen molar-refractivity contribution in [1.82, 2.24) is 5.48 Å². The number of Topliss-reactive ketones (excluding diaryl/α,β-unsaturated/α-hetero) is 1. The first-order valence-electron chi connectivity index (χ1n) is 1.80. The van der Waals surface area contributed by atoms with Crippen LogP contribution in [-0.4, -0.2) is 12.3 Å². The molecule has 0 saturated carbocycles. The van der Waals surface area contributed by atoms with Crippen LogP contribution in [0.1, 0.15) is 6.92 Å². The minimum Gasteiger partial charge on any atom is -0.298 e. The Morgan fingerprint density at radius 2 is 2.57 bits per heavy atom. The average molecular weight is 121 g/mol. The van der Waals surface area contributed by atoms with Gasteiger partial charge in [-0.15, -0.1) is 0 Å². The van der Waals surface area contributed by atoms with E-state index in [9.17, 15) is 4.79 Å². The molecule has 0 fully saturated rings. The number of thiol groups is 1. The van der Waals surface area contributed by atoms with Gasteiger partial charge < -0.3 is 0 Å². The van der Waals surface area contributed by atoms with E-state index < -0.39 is 0 Å². The van der Waals surface area contributed by atoms with E-state index in [1.54, 1.807) is 0 Å². The van der Waals surface area contributed by atoms with Crippen LogP contribution in [0.15, 0.2) is 0 Å². The summed E-state index contributed by atoms with van der Waals surface area (Å²) in [6, 6.07) is 0. The smallest absolute Gasteiger partial charge is 0.145 e. The highest BCUT2D eigenvalue weighted by atomic mass is 32.1. The summed E-state index contributed by atoms with van der Waals surface area (Å²) in [5, 5.41) is 0. The number of hydrogen-bond donors (Lipinski definition) is 2. The molecule has 0 aromatic rings. The summed E-state index contributed by atoms with van der Waals surface area (Å²) in [5.74, 6) is 0.0223. The standard InChI is InChI=1S/C3H7NO2S/c1-3(5)2-4-6-7/h4,7H,2H2,1H3. The Labute approximate surface area is 47.6 Å². The largest absolute Gasteiger partial charge is 0.298 e. The Kier molecular flexibility index (Phi) is 4.07. The van der Waals surface area contributed by atoms with Gasteiger partial charge in [0.1, 0.15) is 5.78 Å². The molecule has 0 unspecified atom stereocenters. The molecule has 3 nitrogen and oxygen atoms in total. The highest BCUT2D eigenvalue weighted by Gasteiger charge is 1.86. The lowest BCUT2D eigenvalue weighted by molar-refractivity contribution is -0.117. The Hall–Kier alpha value is -0.0600. The molecular weight excluding hydrogens is 114 g/mol. The van der Waals surface area contributed by atoms with E-state index in [1.807, 2.05) is 0 Å². The van der Waals surface area contributed by atoms with Gasteiger partial charge >= 0.3 is 0 Å². The molecule has 0 amide bonds. The molecule has 0 saturated heterocycles. The monoisotopic (exact) mass is 121 g/mol. The molecule has 0 bridgehead atoms. The van der Waals surface area contributed by atoms with Gasteiger partial charge in [-0.3, -0.25) is 4.79 Å². The molecule has 0 aromatic heterocycles. The number of hydroxylamine groups is 1. The second kappa shape index (κ2) is 4.11. The van der Waals surface area contributed by atoms with E-state index in [0.29, 0.717) is 0 Å². The minimum absolute atomic E-state index is 0.0223. The molecule has 1 N–H and O–H groups in total. The maximum Gasteiger partial charge on any atom is 0.145 e. The van der Waals surface area contributed by atoms with Gasteiger partial charge in [-0.25, -0.2) is 4.28 Å². The number of carbonyl (C=O) groups excluding carboxylic acids is 1. The highest BCUT2D eigenvalue weighted by Crippen LogP contribution is 1.68. The number of nitrogens with one attached hydrogen (secondary N) is 1. The summed E-state index contributed by atoms with van der Waals surface area (Å²) >= 11 is 3.33. The molecule has 0 rings (SSSR count). The van der Waals surface area contributed by atoms with Crippen molar-refractivity contribution in [3.63, 3.8) is 0 Å². The fourth-order valence-electron chi connectivity index (χ4n) is 0.134. The van der Waals surface area contributed by atoms with Crippen LogP contribution in [0.5, 0.6) is 0 Å². The van der Waals surface area contributed by atoms with Crippen LogP contribution in [0.3, 0.4) is 0 Å². The molecule has 0 aromatic carbocycles. The van der Waals surface area contributed by atoms with Crippen molar-refractivity contribution < 1.29 is 9.08 Å². The Morgan fingerprint density at radius 3 is 2.71 bits per heavy atom. The molecule has 0 aliphatic heterocycles. The van der Waals surface area contributed by atoms with Gasteiger partial charge in [-0.1, -0.05) is 0 Å². The van der Waals surface area contributed by atoms with Crippen LogP contribution in [0, 0.1) is 0 Å². The van der Waals surface area contributed by atoms with Gasteiger partial charge in [0.15, 0.2) is 0 Å². The third-order valence-electron chi connectivity index (χ3n) is 0.386. The zero-order chi connectivity index (χ0) is 5.70. The summed E-state index contributed by atoms with van der Waals surface area (Å²) in [6.07, 6.45) is 0. The fraction of sp³-hybridized carbons (Fsp3) is 0.667. The first-order chi connectivity index (χ1) is 3.27. The van der Waals surface area contributed by atoms with Crippen molar-refractivity contribution in [2.24, 2.45) is 0 Å². The summed E-state index contributed by atoms with van der Waals surface area (Å²) < 4.78 is 4.08. The van der Waals surface area contributed by atoms with Gasteiger partial charge in [-0.05, 0) is 19.8 Å². The molecular formula is C3H7NO2S. The van der Waals surface area contributed by atoms with Gasteiger partial charge in [0.05, 0.1) is 6.54 Å². The van der Waals surface area contributed by atoms with Gasteiger partial charge in [-0.2, -0.15) is 5.48 Å². The summed E-state index contributed by atoms with van der Waals surface area (Å²) in [4.78, 5) is 10.0. The SMILES string of the molecule is CC(=O)CNOS. The van der Waals surface area contributed by atoms with Gasteiger partial charge in [0.2, 0.25) is 0 Å². The van der Waals surface area contributed by atoms with Crippen LogP contribution in [-0.2, 0) is 9.08 Å². The van der Waals surface area contributed by atoms with E-state index in [0.717, 1.165) is 0 Å². The zero-order valence-corrected chi connectivity index (χ0v) is 4.87. The first-order valence-corrected chi connectivity index (χ1v) is 2.16. The molecule has 42 valence electrons. The minimum atomic E-state index is 0.0223. The number of carbonyl (C=O) groups is 1. The lowest BCUT2D eigenvalue weighted by Crippen LogP contribution is -2.17. The quantitative estimate of drug-likeness (QED) is 0.312. The molecule has 0 radical (unpaired) electrons.